The molecule has 0 spiro atoms. The first-order valence-electron chi connectivity index (χ1n) is 4.28. The highest BCUT2D eigenvalue weighted by Crippen LogP contribution is 2.19. The van der Waals surface area contributed by atoms with Crippen molar-refractivity contribution in [1.29, 1.82) is 0 Å². The van der Waals surface area contributed by atoms with Gasteiger partial charge in [0.1, 0.15) is 5.75 Å². The Morgan fingerprint density at radius 1 is 1.40 bits per heavy atom. The largest absolute Gasteiger partial charge is 0.497 e. The highest BCUT2D eigenvalue weighted by Gasteiger charge is 2.16. The van der Waals surface area contributed by atoms with Gasteiger partial charge in [-0.2, -0.15) is 0 Å². The van der Waals surface area contributed by atoms with Gasteiger partial charge in [-0.15, -0.1) is 0 Å². The van der Waals surface area contributed by atoms with Crippen molar-refractivity contribution in [2.24, 2.45) is 5.73 Å². The number of hydrogen-bond donors (Lipinski definition) is 1. The van der Waals surface area contributed by atoms with Crippen molar-refractivity contribution in [3.05, 3.63) is 24.3 Å². The average molecular weight is 208 g/mol. The second-order valence-corrected chi connectivity index (χ2v) is 2.93. The third-order valence-corrected chi connectivity index (χ3v) is 1.96. The van der Waals surface area contributed by atoms with Gasteiger partial charge in [-0.3, -0.25) is 9.59 Å². The van der Waals surface area contributed by atoms with E-state index in [0.29, 0.717) is 11.4 Å². The van der Waals surface area contributed by atoms with Gasteiger partial charge in [-0.05, 0) is 12.1 Å². The number of primary amides is 1. The van der Waals surface area contributed by atoms with Gasteiger partial charge in [0.15, 0.2) is 0 Å². The van der Waals surface area contributed by atoms with Crippen LogP contribution in [-0.4, -0.2) is 26.0 Å². The standard InChI is InChI=1S/C10H12N2O3/c1-12(10(14)9(11)13)7-4-3-5-8(6-7)15-2/h3-6H,1-2H3,(H2,11,13). The van der Waals surface area contributed by atoms with Gasteiger partial charge in [0.25, 0.3) is 0 Å². The minimum atomic E-state index is -0.986. The Hall–Kier alpha value is -2.04. The van der Waals surface area contributed by atoms with Crippen LogP contribution in [0.5, 0.6) is 5.75 Å². The molecule has 2 amide bonds. The lowest BCUT2D eigenvalue weighted by molar-refractivity contribution is -0.135. The number of ether oxygens (including phenoxy) is 1. The van der Waals surface area contributed by atoms with Crippen molar-refractivity contribution < 1.29 is 14.3 Å². The minimum Gasteiger partial charge on any atom is -0.497 e. The summed E-state index contributed by atoms with van der Waals surface area (Å²) in [5.74, 6) is -1.14. The first-order chi connectivity index (χ1) is 7.06. The molecule has 2 N–H and O–H groups in total. The lowest BCUT2D eigenvalue weighted by Gasteiger charge is -2.15. The van der Waals surface area contributed by atoms with Crippen molar-refractivity contribution >= 4 is 17.5 Å². The highest BCUT2D eigenvalue weighted by atomic mass is 16.5. The normalized spacial score (nSPS) is 9.47. The monoisotopic (exact) mass is 208 g/mol. The summed E-state index contributed by atoms with van der Waals surface area (Å²) in [6, 6.07) is 6.79. The van der Waals surface area contributed by atoms with Crippen molar-refractivity contribution in [3.63, 3.8) is 0 Å². The SMILES string of the molecule is COc1cccc(N(C)C(=O)C(N)=O)c1. The van der Waals surface area contributed by atoms with E-state index in [2.05, 4.69) is 0 Å². The average Bonchev–Trinajstić information content (AvgIpc) is 2.27. The second kappa shape index (κ2) is 4.45. The van der Waals surface area contributed by atoms with E-state index in [-0.39, 0.29) is 0 Å². The number of carbonyl (C=O) groups is 2. The third-order valence-electron chi connectivity index (χ3n) is 1.96. The molecule has 0 saturated heterocycles. The molecule has 15 heavy (non-hydrogen) atoms. The van der Waals surface area contributed by atoms with Gasteiger partial charge in [0.2, 0.25) is 0 Å². The Bertz CT molecular complexity index is 390. The van der Waals surface area contributed by atoms with E-state index in [0.717, 1.165) is 0 Å². The van der Waals surface area contributed by atoms with Crippen molar-refractivity contribution in [3.8, 4) is 5.75 Å². The zero-order valence-electron chi connectivity index (χ0n) is 8.56. The van der Waals surface area contributed by atoms with Crippen molar-refractivity contribution in [2.75, 3.05) is 19.1 Å². The first-order valence-corrected chi connectivity index (χ1v) is 4.28. The maximum atomic E-state index is 11.3. The maximum Gasteiger partial charge on any atom is 0.315 e. The number of likely N-dealkylation sites (N-methyl/N-ethyl adjacent to an activating group) is 1. The molecule has 5 heteroatoms. The number of nitrogens with zero attached hydrogens (tertiary/aromatic N) is 1. The third kappa shape index (κ3) is 2.46. The summed E-state index contributed by atoms with van der Waals surface area (Å²) in [4.78, 5) is 23.1. The number of rotatable bonds is 2. The topological polar surface area (TPSA) is 72.6 Å². The fourth-order valence-electron chi connectivity index (χ4n) is 1.10. The molecule has 0 aliphatic heterocycles. The van der Waals surface area contributed by atoms with Crippen molar-refractivity contribution in [1.82, 2.24) is 0 Å². The Balaban J connectivity index is 2.95. The van der Waals surface area contributed by atoms with E-state index in [1.165, 1.54) is 19.1 Å². The van der Waals surface area contributed by atoms with E-state index in [1.807, 2.05) is 0 Å². The predicted molar refractivity (Wildman–Crippen MR) is 55.6 cm³/mol. The van der Waals surface area contributed by atoms with Crippen LogP contribution >= 0.6 is 0 Å². The van der Waals surface area contributed by atoms with Gasteiger partial charge in [0, 0.05) is 18.8 Å². The van der Waals surface area contributed by atoms with Gasteiger partial charge in [0.05, 0.1) is 7.11 Å². The van der Waals surface area contributed by atoms with Crippen LogP contribution in [-0.2, 0) is 9.59 Å². The second-order valence-electron chi connectivity index (χ2n) is 2.93. The molecule has 0 unspecified atom stereocenters. The molecule has 0 aliphatic rings. The van der Waals surface area contributed by atoms with Crippen LogP contribution in [0.15, 0.2) is 24.3 Å². The van der Waals surface area contributed by atoms with Gasteiger partial charge >= 0.3 is 11.8 Å². The molecule has 0 bridgehead atoms. The molecule has 80 valence electrons. The van der Waals surface area contributed by atoms with Crippen LogP contribution in [0.3, 0.4) is 0 Å². The number of amides is 2. The summed E-state index contributed by atoms with van der Waals surface area (Å²) in [5.41, 5.74) is 5.44. The Morgan fingerprint density at radius 2 is 2.07 bits per heavy atom. The molecule has 0 heterocycles. The summed E-state index contributed by atoms with van der Waals surface area (Å²) in [5, 5.41) is 0. The summed E-state index contributed by atoms with van der Waals surface area (Å²) in [6.07, 6.45) is 0. The smallest absolute Gasteiger partial charge is 0.315 e. The number of carbonyl (C=O) groups excluding carboxylic acids is 2. The van der Waals surface area contributed by atoms with Gasteiger partial charge < -0.3 is 15.4 Å². The summed E-state index contributed by atoms with van der Waals surface area (Å²) in [6.45, 7) is 0. The molecule has 0 saturated carbocycles. The summed E-state index contributed by atoms with van der Waals surface area (Å²) >= 11 is 0. The van der Waals surface area contributed by atoms with Crippen LogP contribution in [0, 0.1) is 0 Å². The van der Waals surface area contributed by atoms with E-state index in [1.54, 1.807) is 24.3 Å². The fourth-order valence-corrected chi connectivity index (χ4v) is 1.10. The van der Waals surface area contributed by atoms with E-state index < -0.39 is 11.8 Å². The zero-order valence-corrected chi connectivity index (χ0v) is 8.56. The lowest BCUT2D eigenvalue weighted by atomic mass is 10.2. The van der Waals surface area contributed by atoms with Crippen LogP contribution in [0.2, 0.25) is 0 Å². The molecule has 1 aromatic rings. The van der Waals surface area contributed by atoms with Crippen LogP contribution in [0.1, 0.15) is 0 Å². The molecule has 0 aromatic heterocycles. The Morgan fingerprint density at radius 3 is 2.60 bits per heavy atom. The molecule has 5 nitrogen and oxygen atoms in total. The molecule has 0 atom stereocenters. The number of hydrogen-bond acceptors (Lipinski definition) is 3. The van der Waals surface area contributed by atoms with Crippen LogP contribution < -0.4 is 15.4 Å². The lowest BCUT2D eigenvalue weighted by Crippen LogP contribution is -2.37. The fraction of sp³-hybridized carbons (Fsp3) is 0.200. The van der Waals surface area contributed by atoms with E-state index in [9.17, 15) is 9.59 Å². The molecular formula is C10H12N2O3. The molecular weight excluding hydrogens is 196 g/mol. The first kappa shape index (κ1) is 11.0. The Kier molecular flexibility index (Phi) is 3.28. The van der Waals surface area contributed by atoms with Crippen molar-refractivity contribution in [2.45, 2.75) is 0 Å². The number of benzene rings is 1. The number of methoxy groups -OCH3 is 1. The number of nitrogens with two attached hydrogens (primary N) is 1. The van der Waals surface area contributed by atoms with E-state index >= 15 is 0 Å². The quantitative estimate of drug-likeness (QED) is 0.703. The van der Waals surface area contributed by atoms with Crippen LogP contribution in [0.25, 0.3) is 0 Å². The molecule has 0 aliphatic carbocycles. The van der Waals surface area contributed by atoms with E-state index in [4.69, 9.17) is 10.5 Å². The highest BCUT2D eigenvalue weighted by molar-refractivity contribution is 6.39. The summed E-state index contributed by atoms with van der Waals surface area (Å²) < 4.78 is 4.99. The minimum absolute atomic E-state index is 0.554. The van der Waals surface area contributed by atoms with Crippen LogP contribution in [0.4, 0.5) is 5.69 Å². The maximum absolute atomic E-state index is 11.3. The zero-order chi connectivity index (χ0) is 11.4. The van der Waals surface area contributed by atoms with Gasteiger partial charge in [-0.25, -0.2) is 0 Å². The molecule has 1 rings (SSSR count). The number of anilines is 1. The van der Waals surface area contributed by atoms with Gasteiger partial charge in [-0.1, -0.05) is 6.07 Å². The Labute approximate surface area is 87.4 Å². The molecule has 1 aromatic carbocycles. The molecule has 0 radical (unpaired) electrons. The molecule has 0 fully saturated rings. The summed E-state index contributed by atoms with van der Waals surface area (Å²) in [7, 11) is 3.00. The predicted octanol–water partition coefficient (Wildman–Crippen LogP) is 0.143.